The van der Waals surface area contributed by atoms with Crippen LogP contribution in [-0.2, 0) is 13.0 Å². The second kappa shape index (κ2) is 6.76. The van der Waals surface area contributed by atoms with Crippen LogP contribution in [0.1, 0.15) is 34.3 Å². The van der Waals surface area contributed by atoms with Crippen LogP contribution >= 0.6 is 23.1 Å². The lowest BCUT2D eigenvalue weighted by Gasteiger charge is -2.07. The number of hydrogen-bond donors (Lipinski definition) is 1. The molecule has 0 aliphatic heterocycles. The topological polar surface area (TPSA) is 54.9 Å². The van der Waals surface area contributed by atoms with Gasteiger partial charge in [0.05, 0.1) is 5.69 Å². The normalized spacial score (nSPS) is 10.6. The molecule has 2 rings (SSSR count). The largest absolute Gasteiger partial charge is 0.347 e. The molecule has 7 heteroatoms. The molecule has 0 radical (unpaired) electrons. The van der Waals surface area contributed by atoms with E-state index in [1.807, 2.05) is 6.92 Å². The molecule has 0 aliphatic carbocycles. The van der Waals surface area contributed by atoms with Crippen molar-refractivity contribution in [3.8, 4) is 0 Å². The van der Waals surface area contributed by atoms with E-state index in [0.717, 1.165) is 18.0 Å². The molecule has 20 heavy (non-hydrogen) atoms. The first kappa shape index (κ1) is 14.9. The number of amides is 1. The van der Waals surface area contributed by atoms with E-state index in [1.54, 1.807) is 6.07 Å². The molecule has 0 unspecified atom stereocenters. The summed E-state index contributed by atoms with van der Waals surface area (Å²) in [5.41, 5.74) is 0.951. The number of rotatable bonds is 5. The predicted molar refractivity (Wildman–Crippen MR) is 76.5 cm³/mol. The van der Waals surface area contributed by atoms with E-state index in [2.05, 4.69) is 14.9 Å². The highest BCUT2D eigenvalue weighted by Gasteiger charge is 2.16. The Morgan fingerprint density at radius 3 is 3.00 bits per heavy atom. The van der Waals surface area contributed by atoms with Crippen molar-refractivity contribution in [1.29, 1.82) is 0 Å². The minimum absolute atomic E-state index is 0.0355. The van der Waals surface area contributed by atoms with Crippen LogP contribution < -0.4 is 5.32 Å². The van der Waals surface area contributed by atoms with Crippen LogP contribution in [-0.4, -0.2) is 15.5 Å². The van der Waals surface area contributed by atoms with Gasteiger partial charge in [-0.2, -0.15) is 0 Å². The summed E-state index contributed by atoms with van der Waals surface area (Å²) in [4.78, 5) is 12.5. The molecule has 0 spiro atoms. The predicted octanol–water partition coefficient (Wildman–Crippen LogP) is 3.21. The maximum atomic E-state index is 13.6. The Bertz CT molecular complexity index is 597. The fraction of sp³-hybridized carbons (Fsp3) is 0.308. The first-order valence-corrected chi connectivity index (χ1v) is 7.31. The number of hydrogen-bond acceptors (Lipinski definition) is 4. The van der Waals surface area contributed by atoms with Gasteiger partial charge in [-0.25, -0.2) is 4.39 Å². The number of carbonyl (C=O) groups excluding carboxylic acids is 1. The van der Waals surface area contributed by atoms with Gasteiger partial charge in [0.1, 0.15) is 10.7 Å². The summed E-state index contributed by atoms with van der Waals surface area (Å²) in [6.45, 7) is 2.04. The van der Waals surface area contributed by atoms with Gasteiger partial charge in [-0.1, -0.05) is 35.5 Å². The van der Waals surface area contributed by atoms with Crippen LogP contribution in [0.15, 0.2) is 18.2 Å². The molecule has 0 atom stereocenters. The molecule has 0 saturated heterocycles. The Balaban J connectivity index is 2.07. The maximum absolute atomic E-state index is 13.6. The Morgan fingerprint density at radius 2 is 2.30 bits per heavy atom. The van der Waals surface area contributed by atoms with E-state index < -0.39 is 5.82 Å². The van der Waals surface area contributed by atoms with Crippen LogP contribution in [0.25, 0.3) is 0 Å². The second-order valence-electron chi connectivity index (χ2n) is 4.18. The molecule has 0 bridgehead atoms. The van der Waals surface area contributed by atoms with E-state index in [4.69, 9.17) is 11.6 Å². The zero-order valence-corrected chi connectivity index (χ0v) is 12.4. The van der Waals surface area contributed by atoms with Crippen LogP contribution in [0.3, 0.4) is 0 Å². The van der Waals surface area contributed by atoms with Gasteiger partial charge >= 0.3 is 0 Å². The van der Waals surface area contributed by atoms with Crippen LogP contribution in [0.5, 0.6) is 0 Å². The van der Waals surface area contributed by atoms with Crippen molar-refractivity contribution in [1.82, 2.24) is 14.9 Å². The summed E-state index contributed by atoms with van der Waals surface area (Å²) in [5, 5.41) is 6.87. The molecule has 1 amide bonds. The number of carbonyl (C=O) groups is 1. The Kier molecular flexibility index (Phi) is 5.03. The first-order chi connectivity index (χ1) is 9.63. The van der Waals surface area contributed by atoms with E-state index in [9.17, 15) is 9.18 Å². The molecule has 1 aromatic heterocycles. The van der Waals surface area contributed by atoms with Gasteiger partial charge in [-0.3, -0.25) is 4.79 Å². The lowest BCUT2D eigenvalue weighted by molar-refractivity contribution is 0.0953. The van der Waals surface area contributed by atoms with Gasteiger partial charge in [0.15, 0.2) is 0 Å². The smallest absolute Gasteiger partial charge is 0.265 e. The number of halogens is 2. The summed E-state index contributed by atoms with van der Waals surface area (Å²) >= 11 is 6.95. The van der Waals surface area contributed by atoms with Gasteiger partial charge in [0.2, 0.25) is 0 Å². The van der Waals surface area contributed by atoms with Gasteiger partial charge in [-0.05, 0) is 30.1 Å². The van der Waals surface area contributed by atoms with Crippen molar-refractivity contribution in [2.75, 3.05) is 0 Å². The van der Waals surface area contributed by atoms with Crippen molar-refractivity contribution < 1.29 is 9.18 Å². The number of nitrogens with zero attached hydrogens (tertiary/aromatic N) is 2. The minimum Gasteiger partial charge on any atom is -0.347 e. The molecular formula is C13H13ClFN3OS. The van der Waals surface area contributed by atoms with Crippen molar-refractivity contribution in [2.45, 2.75) is 26.3 Å². The first-order valence-electron chi connectivity index (χ1n) is 6.15. The molecule has 0 saturated carbocycles. The van der Waals surface area contributed by atoms with Gasteiger partial charge in [-0.15, -0.1) is 5.10 Å². The van der Waals surface area contributed by atoms with Crippen LogP contribution in [0.2, 0.25) is 5.02 Å². The highest BCUT2D eigenvalue weighted by atomic mass is 35.5. The lowest BCUT2D eigenvalue weighted by atomic mass is 10.2. The molecule has 106 valence electrons. The zero-order chi connectivity index (χ0) is 14.5. The average Bonchev–Trinajstić information content (AvgIpc) is 2.87. The van der Waals surface area contributed by atoms with Crippen molar-refractivity contribution >= 4 is 29.0 Å². The average molecular weight is 314 g/mol. The monoisotopic (exact) mass is 313 g/mol. The fourth-order valence-corrected chi connectivity index (χ4v) is 2.59. The fourth-order valence-electron chi connectivity index (χ4n) is 1.73. The van der Waals surface area contributed by atoms with Gasteiger partial charge in [0, 0.05) is 17.1 Å². The number of aromatic nitrogens is 2. The maximum Gasteiger partial charge on any atom is 0.265 e. The zero-order valence-electron chi connectivity index (χ0n) is 10.8. The highest BCUT2D eigenvalue weighted by molar-refractivity contribution is 7.08. The summed E-state index contributed by atoms with van der Waals surface area (Å²) in [5.74, 6) is -0.739. The van der Waals surface area contributed by atoms with E-state index >= 15 is 0 Å². The quantitative estimate of drug-likeness (QED) is 0.922. The van der Waals surface area contributed by atoms with E-state index in [0.29, 0.717) is 22.0 Å². The number of aryl methyl sites for hydroxylation is 1. The molecule has 4 nitrogen and oxygen atoms in total. The van der Waals surface area contributed by atoms with Gasteiger partial charge < -0.3 is 5.32 Å². The standard InChI is InChI=1S/C13H13ClFN3OS/c1-2-4-11-12(20-18-17-11)13(19)16-7-8-9(14)5-3-6-10(8)15/h3,5-6H,2,4,7H2,1H3,(H,16,19). The molecule has 0 fully saturated rings. The molecule has 1 N–H and O–H groups in total. The Labute approximate surface area is 125 Å². The van der Waals surface area contributed by atoms with Gasteiger partial charge in [0.25, 0.3) is 5.91 Å². The molecule has 2 aromatic rings. The summed E-state index contributed by atoms with van der Waals surface area (Å²) in [7, 11) is 0. The van der Waals surface area contributed by atoms with Crippen molar-refractivity contribution in [3.63, 3.8) is 0 Å². The number of nitrogens with one attached hydrogen (secondary N) is 1. The van der Waals surface area contributed by atoms with Crippen molar-refractivity contribution in [2.24, 2.45) is 0 Å². The van der Waals surface area contributed by atoms with Crippen molar-refractivity contribution in [3.05, 3.63) is 45.2 Å². The summed E-state index contributed by atoms with van der Waals surface area (Å²) in [6.07, 6.45) is 1.57. The third-order valence-corrected chi connectivity index (χ3v) is 3.86. The Hall–Kier alpha value is -1.53. The summed E-state index contributed by atoms with van der Waals surface area (Å²) in [6, 6.07) is 4.42. The molecule has 0 aliphatic rings. The minimum atomic E-state index is -0.436. The Morgan fingerprint density at radius 1 is 1.50 bits per heavy atom. The second-order valence-corrected chi connectivity index (χ2v) is 5.34. The van der Waals surface area contributed by atoms with Crippen LogP contribution in [0.4, 0.5) is 4.39 Å². The van der Waals surface area contributed by atoms with Crippen LogP contribution in [0, 0.1) is 5.82 Å². The summed E-state index contributed by atoms with van der Waals surface area (Å²) < 4.78 is 17.4. The molecule has 1 aromatic carbocycles. The lowest BCUT2D eigenvalue weighted by Crippen LogP contribution is -2.23. The molecular weight excluding hydrogens is 301 g/mol. The SMILES string of the molecule is CCCc1nnsc1C(=O)NCc1c(F)cccc1Cl. The molecule has 1 heterocycles. The highest BCUT2D eigenvalue weighted by Crippen LogP contribution is 2.19. The van der Waals surface area contributed by atoms with E-state index in [1.165, 1.54) is 12.1 Å². The van der Waals surface area contributed by atoms with E-state index in [-0.39, 0.29) is 18.0 Å². The number of benzene rings is 1. The third kappa shape index (κ3) is 3.32. The third-order valence-electron chi connectivity index (χ3n) is 2.74.